The Hall–Kier alpha value is -1.43. The summed E-state index contributed by atoms with van der Waals surface area (Å²) in [4.78, 5) is 9.19. The Morgan fingerprint density at radius 1 is 1.20 bits per heavy atom. The predicted octanol–water partition coefficient (Wildman–Crippen LogP) is 4.72. The molecule has 102 valence electrons. The third-order valence-corrected chi connectivity index (χ3v) is 3.98. The number of aromatic nitrogens is 2. The molecule has 0 saturated carbocycles. The molecule has 7 heteroatoms. The Morgan fingerprint density at radius 3 is 2.85 bits per heavy atom. The molecule has 2 aromatic heterocycles. The molecule has 0 unspecified atom stereocenters. The highest BCUT2D eigenvalue weighted by atomic mass is 35.5. The molecule has 20 heavy (non-hydrogen) atoms. The van der Waals surface area contributed by atoms with Crippen LogP contribution in [-0.4, -0.2) is 9.97 Å². The van der Waals surface area contributed by atoms with Crippen molar-refractivity contribution in [3.8, 4) is 5.75 Å². The van der Waals surface area contributed by atoms with Crippen molar-refractivity contribution in [1.82, 2.24) is 9.97 Å². The van der Waals surface area contributed by atoms with Crippen LogP contribution in [0.3, 0.4) is 0 Å². The standard InChI is InChI=1S/C13H7Cl2FN2OS/c14-8-2-1-3-9(16)11(8)19-6-10-17-12(15)7-4-5-20-13(7)18-10/h1-5H,6H2. The molecule has 3 aromatic rings. The molecule has 0 saturated heterocycles. The number of halogens is 3. The third-order valence-electron chi connectivity index (χ3n) is 2.59. The number of hydrogen-bond donors (Lipinski definition) is 0. The SMILES string of the molecule is Fc1cccc(Cl)c1OCc1nc(Cl)c2ccsc2n1. The van der Waals surface area contributed by atoms with Crippen molar-refractivity contribution >= 4 is 44.8 Å². The van der Waals surface area contributed by atoms with Crippen molar-refractivity contribution in [3.63, 3.8) is 0 Å². The van der Waals surface area contributed by atoms with Gasteiger partial charge in [0.15, 0.2) is 17.4 Å². The van der Waals surface area contributed by atoms with Crippen LogP contribution < -0.4 is 4.74 Å². The molecule has 3 nitrogen and oxygen atoms in total. The Labute approximate surface area is 128 Å². The van der Waals surface area contributed by atoms with Crippen LogP contribution in [0.4, 0.5) is 4.39 Å². The van der Waals surface area contributed by atoms with Crippen molar-refractivity contribution < 1.29 is 9.13 Å². The number of rotatable bonds is 3. The van der Waals surface area contributed by atoms with Gasteiger partial charge in [-0.2, -0.15) is 0 Å². The van der Waals surface area contributed by atoms with Gasteiger partial charge in [-0.3, -0.25) is 0 Å². The quantitative estimate of drug-likeness (QED) is 0.653. The van der Waals surface area contributed by atoms with E-state index < -0.39 is 5.82 Å². The highest BCUT2D eigenvalue weighted by Gasteiger charge is 2.11. The minimum absolute atomic E-state index is 0.00574. The van der Waals surface area contributed by atoms with E-state index in [1.807, 2.05) is 11.4 Å². The molecule has 0 atom stereocenters. The minimum Gasteiger partial charge on any atom is -0.481 e. The van der Waals surface area contributed by atoms with Crippen LogP contribution in [0, 0.1) is 5.82 Å². The summed E-state index contributed by atoms with van der Waals surface area (Å²) in [6.45, 7) is -0.00574. The zero-order valence-corrected chi connectivity index (χ0v) is 12.3. The van der Waals surface area contributed by atoms with E-state index >= 15 is 0 Å². The van der Waals surface area contributed by atoms with Crippen molar-refractivity contribution in [2.24, 2.45) is 0 Å². The van der Waals surface area contributed by atoms with Gasteiger partial charge in [-0.15, -0.1) is 11.3 Å². The van der Waals surface area contributed by atoms with Crippen LogP contribution in [0.5, 0.6) is 5.75 Å². The maximum absolute atomic E-state index is 13.6. The fourth-order valence-electron chi connectivity index (χ4n) is 1.68. The van der Waals surface area contributed by atoms with Crippen LogP contribution in [-0.2, 0) is 6.61 Å². The van der Waals surface area contributed by atoms with Gasteiger partial charge in [0, 0.05) is 5.39 Å². The monoisotopic (exact) mass is 328 g/mol. The summed E-state index contributed by atoms with van der Waals surface area (Å²) in [6, 6.07) is 6.18. The molecule has 2 heterocycles. The molecular formula is C13H7Cl2FN2OS. The van der Waals surface area contributed by atoms with Gasteiger partial charge >= 0.3 is 0 Å². The molecule has 0 fully saturated rings. The Morgan fingerprint density at radius 2 is 2.05 bits per heavy atom. The highest BCUT2D eigenvalue weighted by Crippen LogP contribution is 2.29. The van der Waals surface area contributed by atoms with Gasteiger partial charge in [-0.05, 0) is 23.6 Å². The van der Waals surface area contributed by atoms with Crippen LogP contribution in [0.25, 0.3) is 10.2 Å². The molecule has 3 rings (SSSR count). The van der Waals surface area contributed by atoms with E-state index in [0.29, 0.717) is 11.0 Å². The zero-order chi connectivity index (χ0) is 14.1. The van der Waals surface area contributed by atoms with Crippen molar-refractivity contribution in [1.29, 1.82) is 0 Å². The average molecular weight is 329 g/mol. The number of para-hydroxylation sites is 1. The minimum atomic E-state index is -0.527. The lowest BCUT2D eigenvalue weighted by Gasteiger charge is -2.08. The van der Waals surface area contributed by atoms with Crippen LogP contribution in [0.1, 0.15) is 5.82 Å². The van der Waals surface area contributed by atoms with E-state index in [4.69, 9.17) is 27.9 Å². The summed E-state index contributed by atoms with van der Waals surface area (Å²) < 4.78 is 18.9. The van der Waals surface area contributed by atoms with E-state index in [2.05, 4.69) is 9.97 Å². The molecule has 0 bridgehead atoms. The first-order valence-corrected chi connectivity index (χ1v) is 7.25. The van der Waals surface area contributed by atoms with Gasteiger partial charge in [0.1, 0.15) is 16.6 Å². The number of hydrogen-bond acceptors (Lipinski definition) is 4. The second kappa shape index (κ2) is 5.52. The number of thiophene rings is 1. The largest absolute Gasteiger partial charge is 0.481 e. The number of nitrogens with zero attached hydrogens (tertiary/aromatic N) is 2. The summed E-state index contributed by atoms with van der Waals surface area (Å²) in [5.74, 6) is -0.162. The molecule has 0 aliphatic heterocycles. The summed E-state index contributed by atoms with van der Waals surface area (Å²) in [5.41, 5.74) is 0. The van der Waals surface area contributed by atoms with Gasteiger partial charge in [-0.25, -0.2) is 14.4 Å². The zero-order valence-electron chi connectivity index (χ0n) is 9.94. The number of benzene rings is 1. The maximum Gasteiger partial charge on any atom is 0.174 e. The predicted molar refractivity (Wildman–Crippen MR) is 78.2 cm³/mol. The van der Waals surface area contributed by atoms with Gasteiger partial charge < -0.3 is 4.74 Å². The first kappa shape index (κ1) is 13.5. The summed E-state index contributed by atoms with van der Waals surface area (Å²) in [5, 5.41) is 3.23. The lowest BCUT2D eigenvalue weighted by atomic mass is 10.3. The molecule has 0 amide bonds. The second-order valence-corrected chi connectivity index (χ2v) is 5.57. The van der Waals surface area contributed by atoms with Gasteiger partial charge in [0.25, 0.3) is 0 Å². The molecule has 0 aliphatic carbocycles. The summed E-state index contributed by atoms with van der Waals surface area (Å²) >= 11 is 13.4. The number of fused-ring (bicyclic) bond motifs is 1. The maximum atomic E-state index is 13.6. The van der Waals surface area contributed by atoms with Gasteiger partial charge in [0.2, 0.25) is 0 Å². The molecule has 0 N–H and O–H groups in total. The molecular weight excluding hydrogens is 322 g/mol. The smallest absolute Gasteiger partial charge is 0.174 e. The fraction of sp³-hybridized carbons (Fsp3) is 0.0769. The van der Waals surface area contributed by atoms with E-state index in [1.54, 1.807) is 6.07 Å². The van der Waals surface area contributed by atoms with E-state index in [-0.39, 0.29) is 17.4 Å². The van der Waals surface area contributed by atoms with Crippen molar-refractivity contribution in [3.05, 3.63) is 51.5 Å². The Balaban J connectivity index is 1.87. The Bertz CT molecular complexity index is 758. The van der Waals surface area contributed by atoms with Gasteiger partial charge in [0.05, 0.1) is 5.02 Å². The molecule has 0 aliphatic rings. The topological polar surface area (TPSA) is 35.0 Å². The Kier molecular flexibility index (Phi) is 3.74. The van der Waals surface area contributed by atoms with Crippen LogP contribution in [0.2, 0.25) is 10.2 Å². The molecule has 0 spiro atoms. The van der Waals surface area contributed by atoms with Gasteiger partial charge in [-0.1, -0.05) is 29.3 Å². The average Bonchev–Trinajstić information content (AvgIpc) is 2.87. The van der Waals surface area contributed by atoms with Crippen LogP contribution in [0.15, 0.2) is 29.6 Å². The number of ether oxygens (including phenoxy) is 1. The normalized spacial score (nSPS) is 10.9. The molecule has 0 radical (unpaired) electrons. The summed E-state index contributed by atoms with van der Waals surface area (Å²) in [6.07, 6.45) is 0. The summed E-state index contributed by atoms with van der Waals surface area (Å²) in [7, 11) is 0. The van der Waals surface area contributed by atoms with Crippen LogP contribution >= 0.6 is 34.5 Å². The second-order valence-electron chi connectivity index (χ2n) is 3.91. The first-order valence-electron chi connectivity index (χ1n) is 5.61. The fourth-order valence-corrected chi connectivity index (χ4v) is 2.99. The lowest BCUT2D eigenvalue weighted by molar-refractivity contribution is 0.282. The third kappa shape index (κ3) is 2.57. The van der Waals surface area contributed by atoms with E-state index in [9.17, 15) is 4.39 Å². The van der Waals surface area contributed by atoms with E-state index in [1.165, 1.54) is 23.5 Å². The van der Waals surface area contributed by atoms with Crippen molar-refractivity contribution in [2.45, 2.75) is 6.61 Å². The van der Waals surface area contributed by atoms with Crippen molar-refractivity contribution in [2.75, 3.05) is 0 Å². The lowest BCUT2D eigenvalue weighted by Crippen LogP contribution is -2.03. The molecule has 1 aromatic carbocycles. The van der Waals surface area contributed by atoms with E-state index in [0.717, 1.165) is 10.2 Å². The highest BCUT2D eigenvalue weighted by molar-refractivity contribution is 7.16. The first-order chi connectivity index (χ1) is 9.65.